The summed E-state index contributed by atoms with van der Waals surface area (Å²) in [6.07, 6.45) is -0.103. The van der Waals surface area contributed by atoms with Crippen LogP contribution in [0.15, 0.2) is 71.1 Å². The molecule has 3 rings (SSSR count). The molecular weight excluding hydrogens is 508 g/mol. The minimum Gasteiger partial charge on any atom is -0.493 e. The Morgan fingerprint density at radius 3 is 2.33 bits per heavy atom. The van der Waals surface area contributed by atoms with E-state index in [1.807, 2.05) is 12.1 Å². The van der Waals surface area contributed by atoms with Gasteiger partial charge in [0.15, 0.2) is 0 Å². The number of hydrogen-bond acceptors (Lipinski definition) is 10. The third-order valence-corrected chi connectivity index (χ3v) is 6.28. The minimum absolute atomic E-state index is 0.0520. The number of esters is 2. The van der Waals surface area contributed by atoms with Gasteiger partial charge in [-0.25, -0.2) is 9.59 Å². The number of aliphatic hydroxyl groups excluding tert-OH is 2. The van der Waals surface area contributed by atoms with Crippen molar-refractivity contribution in [1.29, 1.82) is 0 Å². The van der Waals surface area contributed by atoms with Crippen molar-refractivity contribution in [3.63, 3.8) is 0 Å². The van der Waals surface area contributed by atoms with Gasteiger partial charge >= 0.3 is 11.9 Å². The second kappa shape index (κ2) is 13.5. The molecule has 2 unspecified atom stereocenters. The first kappa shape index (κ1) is 29.3. The molecule has 0 fully saturated rings. The second-order valence-electron chi connectivity index (χ2n) is 8.98. The summed E-state index contributed by atoms with van der Waals surface area (Å²) in [7, 11) is 1.23. The maximum atomic E-state index is 13.3. The van der Waals surface area contributed by atoms with Crippen LogP contribution in [0.4, 0.5) is 5.69 Å². The Morgan fingerprint density at radius 2 is 1.72 bits per heavy atom. The van der Waals surface area contributed by atoms with Crippen LogP contribution in [-0.4, -0.2) is 60.1 Å². The molecule has 0 radical (unpaired) electrons. The van der Waals surface area contributed by atoms with Crippen LogP contribution in [0.2, 0.25) is 0 Å². The number of methoxy groups -OCH3 is 1. The molecule has 2 aromatic rings. The predicted molar refractivity (Wildman–Crippen MR) is 141 cm³/mol. The smallest absolute Gasteiger partial charge is 0.336 e. The summed E-state index contributed by atoms with van der Waals surface area (Å²) in [5.74, 6) is -1.64. The molecule has 0 saturated carbocycles. The Balaban J connectivity index is 1.74. The largest absolute Gasteiger partial charge is 0.493 e. The summed E-state index contributed by atoms with van der Waals surface area (Å²) in [5.41, 5.74) is 2.37. The van der Waals surface area contributed by atoms with Gasteiger partial charge in [-0.2, -0.15) is 0 Å². The summed E-state index contributed by atoms with van der Waals surface area (Å²) in [5, 5.41) is 32.7. The molecule has 11 heteroatoms. The van der Waals surface area contributed by atoms with Crippen LogP contribution in [0.1, 0.15) is 37.3 Å². The molecule has 208 valence electrons. The molecule has 1 aliphatic rings. The van der Waals surface area contributed by atoms with Gasteiger partial charge in [-0.15, -0.1) is 0 Å². The van der Waals surface area contributed by atoms with E-state index >= 15 is 0 Å². The zero-order valence-electron chi connectivity index (χ0n) is 22.0. The Kier molecular flexibility index (Phi) is 10.2. The van der Waals surface area contributed by atoms with Gasteiger partial charge in [0.1, 0.15) is 5.75 Å². The monoisotopic (exact) mass is 540 g/mol. The van der Waals surface area contributed by atoms with E-state index in [9.17, 15) is 24.8 Å². The van der Waals surface area contributed by atoms with Crippen molar-refractivity contribution in [2.24, 2.45) is 0 Å². The minimum atomic E-state index is -0.924. The number of nitrogens with one attached hydrogen (secondary N) is 1. The highest BCUT2D eigenvalue weighted by Gasteiger charge is 2.38. The van der Waals surface area contributed by atoms with Gasteiger partial charge in [0.2, 0.25) is 0 Å². The van der Waals surface area contributed by atoms with Crippen LogP contribution in [0.25, 0.3) is 0 Å². The van der Waals surface area contributed by atoms with Gasteiger partial charge in [0, 0.05) is 36.4 Å². The van der Waals surface area contributed by atoms with E-state index < -0.39 is 28.9 Å². The quantitative estimate of drug-likeness (QED) is 0.208. The highest BCUT2D eigenvalue weighted by atomic mass is 16.6. The molecule has 2 atom stereocenters. The molecular formula is C28H32N2O9. The van der Waals surface area contributed by atoms with Crippen LogP contribution in [-0.2, 0) is 25.5 Å². The van der Waals surface area contributed by atoms with E-state index in [-0.39, 0.29) is 36.7 Å². The SMILES string of the molecule is COC(=O)C1=C(C)NC(C)=C(C(=O)OCCc2ccc(OCCC(O)CO)cc2)C1c1cccc([N+](=O)[O-])c1. The first-order valence-corrected chi connectivity index (χ1v) is 12.3. The predicted octanol–water partition coefficient (Wildman–Crippen LogP) is 2.91. The lowest BCUT2D eigenvalue weighted by molar-refractivity contribution is -0.384. The van der Waals surface area contributed by atoms with Crippen molar-refractivity contribution >= 4 is 17.6 Å². The van der Waals surface area contributed by atoms with Crippen LogP contribution in [0.3, 0.4) is 0 Å². The Bertz CT molecular complexity index is 1270. The van der Waals surface area contributed by atoms with Gasteiger partial charge in [-0.1, -0.05) is 24.3 Å². The molecule has 1 aliphatic heterocycles. The number of non-ortho nitro benzene ring substituents is 1. The normalized spacial score (nSPS) is 15.9. The number of nitro groups is 1. The van der Waals surface area contributed by atoms with E-state index in [1.165, 1.54) is 25.3 Å². The van der Waals surface area contributed by atoms with E-state index in [0.717, 1.165) is 5.56 Å². The third-order valence-electron chi connectivity index (χ3n) is 6.28. The third kappa shape index (κ3) is 7.43. The maximum absolute atomic E-state index is 13.3. The number of benzene rings is 2. The van der Waals surface area contributed by atoms with Gasteiger partial charge in [-0.3, -0.25) is 10.1 Å². The highest BCUT2D eigenvalue weighted by molar-refractivity contribution is 5.99. The summed E-state index contributed by atoms with van der Waals surface area (Å²) in [6, 6.07) is 13.0. The van der Waals surface area contributed by atoms with Crippen LogP contribution < -0.4 is 10.1 Å². The molecule has 0 aliphatic carbocycles. The molecule has 0 saturated heterocycles. The van der Waals surface area contributed by atoms with E-state index in [1.54, 1.807) is 32.0 Å². The first-order valence-electron chi connectivity index (χ1n) is 12.3. The topological polar surface area (TPSA) is 157 Å². The fourth-order valence-electron chi connectivity index (χ4n) is 4.29. The molecule has 11 nitrogen and oxygen atoms in total. The number of nitro benzene ring substituents is 1. The lowest BCUT2D eigenvalue weighted by Crippen LogP contribution is -2.32. The molecule has 0 spiro atoms. The van der Waals surface area contributed by atoms with Gasteiger partial charge < -0.3 is 29.7 Å². The van der Waals surface area contributed by atoms with E-state index in [4.69, 9.17) is 19.3 Å². The molecule has 0 amide bonds. The Hall–Kier alpha value is -4.22. The van der Waals surface area contributed by atoms with Crippen LogP contribution >= 0.6 is 0 Å². The number of rotatable bonds is 12. The number of carbonyl (C=O) groups excluding carboxylic acids is 2. The van der Waals surface area contributed by atoms with Crippen molar-refractivity contribution in [3.8, 4) is 5.75 Å². The molecule has 0 aromatic heterocycles. The number of carbonyl (C=O) groups is 2. The lowest BCUT2D eigenvalue weighted by Gasteiger charge is -2.30. The Morgan fingerprint density at radius 1 is 1.05 bits per heavy atom. The zero-order chi connectivity index (χ0) is 28.5. The van der Waals surface area contributed by atoms with Gasteiger partial charge in [-0.05, 0) is 37.1 Å². The molecule has 3 N–H and O–H groups in total. The number of dihydropyridines is 1. The average molecular weight is 541 g/mol. The van der Waals surface area contributed by atoms with E-state index in [0.29, 0.717) is 35.5 Å². The fraction of sp³-hybridized carbons (Fsp3) is 0.357. The molecule has 39 heavy (non-hydrogen) atoms. The van der Waals surface area contributed by atoms with Crippen molar-refractivity contribution < 1.29 is 38.9 Å². The Labute approximate surface area is 225 Å². The molecule has 0 bridgehead atoms. The zero-order valence-corrected chi connectivity index (χ0v) is 22.0. The van der Waals surface area contributed by atoms with Crippen LogP contribution in [0, 0.1) is 10.1 Å². The molecule has 2 aromatic carbocycles. The number of aliphatic hydroxyl groups is 2. The highest BCUT2D eigenvalue weighted by Crippen LogP contribution is 2.40. The summed E-state index contributed by atoms with van der Waals surface area (Å²) >= 11 is 0. The number of allylic oxidation sites excluding steroid dienone is 2. The second-order valence-corrected chi connectivity index (χ2v) is 8.98. The lowest BCUT2D eigenvalue weighted by atomic mass is 9.80. The van der Waals surface area contributed by atoms with E-state index in [2.05, 4.69) is 5.32 Å². The van der Waals surface area contributed by atoms with Crippen molar-refractivity contribution in [2.75, 3.05) is 26.9 Å². The van der Waals surface area contributed by atoms with Gasteiger partial charge in [0.05, 0.1) is 55.0 Å². The fourth-order valence-corrected chi connectivity index (χ4v) is 4.29. The van der Waals surface area contributed by atoms with Crippen LogP contribution in [0.5, 0.6) is 5.75 Å². The standard InChI is InChI=1S/C28H32N2O9/c1-17-24(27(33)37-3)26(20-5-4-6-21(15-20)30(35)36)25(18(2)29-17)28(34)39-13-11-19-7-9-23(10-8-19)38-14-12-22(32)16-31/h4-10,15,22,26,29,31-32H,11-14,16H2,1-3H3. The number of ether oxygens (including phenoxy) is 3. The summed E-state index contributed by atoms with van der Waals surface area (Å²) in [6.45, 7) is 3.34. The average Bonchev–Trinajstić information content (AvgIpc) is 2.92. The summed E-state index contributed by atoms with van der Waals surface area (Å²) in [4.78, 5) is 36.9. The summed E-state index contributed by atoms with van der Waals surface area (Å²) < 4.78 is 16.1. The maximum Gasteiger partial charge on any atom is 0.336 e. The first-order chi connectivity index (χ1) is 18.7. The van der Waals surface area contributed by atoms with Crippen molar-refractivity contribution in [2.45, 2.75) is 38.7 Å². The number of hydrogen-bond donors (Lipinski definition) is 3. The molecule has 1 heterocycles. The van der Waals surface area contributed by atoms with Crippen molar-refractivity contribution in [3.05, 3.63) is 92.3 Å². The van der Waals surface area contributed by atoms with Crippen molar-refractivity contribution in [1.82, 2.24) is 5.32 Å². The number of nitrogens with zero attached hydrogens (tertiary/aromatic N) is 1. The van der Waals surface area contributed by atoms with Gasteiger partial charge in [0.25, 0.3) is 5.69 Å².